The molecule has 0 unspecified atom stereocenters. The number of unbranched alkanes of at least 4 members (excludes halogenated alkanes) is 6. The topological polar surface area (TPSA) is 66.8 Å². The van der Waals surface area contributed by atoms with E-state index in [0.29, 0.717) is 0 Å². The molecular formula is C15H25O4P. The van der Waals surface area contributed by atoms with Gasteiger partial charge >= 0.3 is 7.82 Å². The van der Waals surface area contributed by atoms with Crippen LogP contribution in [0.3, 0.4) is 0 Å². The summed E-state index contributed by atoms with van der Waals surface area (Å²) in [5, 5.41) is 0. The van der Waals surface area contributed by atoms with Crippen LogP contribution in [0.5, 0.6) is 5.75 Å². The lowest BCUT2D eigenvalue weighted by Gasteiger charge is -2.07. The van der Waals surface area contributed by atoms with Crippen LogP contribution in [0, 0.1) is 0 Å². The predicted octanol–water partition coefficient (Wildman–Crippen LogP) is 4.45. The average molecular weight is 300 g/mol. The van der Waals surface area contributed by atoms with E-state index in [0.717, 1.165) is 12.8 Å². The number of benzene rings is 1. The molecule has 0 fully saturated rings. The second-order valence-corrected chi connectivity index (χ2v) is 6.26. The van der Waals surface area contributed by atoms with Gasteiger partial charge < -0.3 is 4.52 Å². The van der Waals surface area contributed by atoms with Crippen molar-refractivity contribution in [3.63, 3.8) is 0 Å². The maximum absolute atomic E-state index is 10.7. The molecule has 114 valence electrons. The van der Waals surface area contributed by atoms with Crippen LogP contribution in [0.1, 0.15) is 57.4 Å². The van der Waals surface area contributed by atoms with Crippen molar-refractivity contribution in [1.82, 2.24) is 0 Å². The molecule has 0 amide bonds. The standard InChI is InChI=1S/C15H25O4P/c1-2-3-4-5-6-7-8-9-14-10-12-15(13-11-14)19-20(16,17)18/h10-13H,2-9H2,1H3,(H2,16,17,18). The van der Waals surface area contributed by atoms with Crippen molar-refractivity contribution in [1.29, 1.82) is 0 Å². The summed E-state index contributed by atoms with van der Waals surface area (Å²) in [6.45, 7) is 2.22. The summed E-state index contributed by atoms with van der Waals surface area (Å²) in [4.78, 5) is 17.4. The SMILES string of the molecule is CCCCCCCCCc1ccc(OP(=O)(O)O)cc1. The fourth-order valence-corrected chi connectivity index (χ4v) is 2.54. The molecule has 0 aliphatic heterocycles. The highest BCUT2D eigenvalue weighted by molar-refractivity contribution is 7.46. The minimum absolute atomic E-state index is 0.210. The Kier molecular flexibility index (Phi) is 7.90. The minimum atomic E-state index is -4.44. The molecule has 0 heterocycles. The van der Waals surface area contributed by atoms with Crippen molar-refractivity contribution in [2.75, 3.05) is 0 Å². The lowest BCUT2D eigenvalue weighted by molar-refractivity contribution is 0.283. The Morgan fingerprint density at radius 2 is 1.50 bits per heavy atom. The van der Waals surface area contributed by atoms with E-state index < -0.39 is 7.82 Å². The molecule has 0 radical (unpaired) electrons. The van der Waals surface area contributed by atoms with Gasteiger partial charge in [-0.05, 0) is 30.5 Å². The quantitative estimate of drug-likeness (QED) is 0.495. The van der Waals surface area contributed by atoms with Crippen molar-refractivity contribution in [2.45, 2.75) is 58.3 Å². The minimum Gasteiger partial charge on any atom is -0.404 e. The van der Waals surface area contributed by atoms with E-state index in [-0.39, 0.29) is 5.75 Å². The van der Waals surface area contributed by atoms with Gasteiger partial charge in [0.2, 0.25) is 0 Å². The molecule has 0 saturated carbocycles. The highest BCUT2D eigenvalue weighted by Gasteiger charge is 2.15. The third-order valence-corrected chi connectivity index (χ3v) is 3.67. The summed E-state index contributed by atoms with van der Waals surface area (Å²) >= 11 is 0. The molecule has 0 aromatic heterocycles. The molecule has 0 spiro atoms. The number of aryl methyl sites for hydroxylation is 1. The van der Waals surface area contributed by atoms with Crippen molar-refractivity contribution in [2.24, 2.45) is 0 Å². The summed E-state index contributed by atoms with van der Waals surface area (Å²) in [5.74, 6) is 0.210. The zero-order chi connectivity index (χ0) is 14.8. The van der Waals surface area contributed by atoms with Gasteiger partial charge in [0, 0.05) is 0 Å². The summed E-state index contributed by atoms with van der Waals surface area (Å²) in [6.07, 6.45) is 9.97. The fourth-order valence-electron chi connectivity index (χ4n) is 2.14. The van der Waals surface area contributed by atoms with Crippen LogP contribution in [0.4, 0.5) is 0 Å². The first-order valence-electron chi connectivity index (χ1n) is 7.35. The molecule has 0 atom stereocenters. The fraction of sp³-hybridized carbons (Fsp3) is 0.600. The Morgan fingerprint density at radius 1 is 0.950 bits per heavy atom. The monoisotopic (exact) mass is 300 g/mol. The summed E-state index contributed by atoms with van der Waals surface area (Å²) in [6, 6.07) is 6.94. The van der Waals surface area contributed by atoms with Gasteiger partial charge in [-0.25, -0.2) is 4.57 Å². The molecule has 20 heavy (non-hydrogen) atoms. The van der Waals surface area contributed by atoms with Crippen molar-refractivity contribution in [3.05, 3.63) is 29.8 Å². The largest absolute Gasteiger partial charge is 0.524 e. The molecule has 5 heteroatoms. The van der Waals surface area contributed by atoms with Gasteiger partial charge in [-0.1, -0.05) is 57.6 Å². The molecule has 0 aliphatic carbocycles. The average Bonchev–Trinajstić information content (AvgIpc) is 2.38. The first-order chi connectivity index (χ1) is 9.51. The van der Waals surface area contributed by atoms with Gasteiger partial charge in [0.05, 0.1) is 0 Å². The second-order valence-electron chi connectivity index (χ2n) is 5.10. The first kappa shape index (κ1) is 17.2. The van der Waals surface area contributed by atoms with E-state index in [4.69, 9.17) is 9.79 Å². The maximum Gasteiger partial charge on any atom is 0.524 e. The molecule has 2 N–H and O–H groups in total. The maximum atomic E-state index is 10.7. The normalized spacial score (nSPS) is 11.6. The molecular weight excluding hydrogens is 275 g/mol. The first-order valence-corrected chi connectivity index (χ1v) is 8.88. The van der Waals surface area contributed by atoms with E-state index >= 15 is 0 Å². The lowest BCUT2D eigenvalue weighted by Crippen LogP contribution is -1.91. The molecule has 0 aliphatic rings. The Labute approximate surface area is 121 Å². The van der Waals surface area contributed by atoms with Crippen LogP contribution in [-0.4, -0.2) is 9.79 Å². The lowest BCUT2D eigenvalue weighted by atomic mass is 10.0. The molecule has 1 rings (SSSR count). The number of rotatable bonds is 10. The highest BCUT2D eigenvalue weighted by atomic mass is 31.2. The van der Waals surface area contributed by atoms with E-state index in [1.54, 1.807) is 12.1 Å². The molecule has 1 aromatic rings. The van der Waals surface area contributed by atoms with Gasteiger partial charge in [0.15, 0.2) is 0 Å². The Hall–Kier alpha value is -0.830. The zero-order valence-corrected chi connectivity index (χ0v) is 13.0. The molecule has 4 nitrogen and oxygen atoms in total. The second kappa shape index (κ2) is 9.17. The van der Waals surface area contributed by atoms with Crippen LogP contribution in [0.25, 0.3) is 0 Å². The van der Waals surface area contributed by atoms with Crippen LogP contribution in [-0.2, 0) is 11.0 Å². The summed E-state index contributed by atoms with van der Waals surface area (Å²) in [5.41, 5.74) is 1.18. The Balaban J connectivity index is 2.20. The van der Waals surface area contributed by atoms with Crippen LogP contribution in [0.15, 0.2) is 24.3 Å². The molecule has 0 saturated heterocycles. The zero-order valence-electron chi connectivity index (χ0n) is 12.1. The highest BCUT2D eigenvalue weighted by Crippen LogP contribution is 2.37. The van der Waals surface area contributed by atoms with E-state index in [2.05, 4.69) is 11.4 Å². The molecule has 0 bridgehead atoms. The smallest absolute Gasteiger partial charge is 0.404 e. The van der Waals surface area contributed by atoms with Crippen LogP contribution < -0.4 is 4.52 Å². The van der Waals surface area contributed by atoms with E-state index in [1.165, 1.54) is 44.1 Å². The Bertz CT molecular complexity index is 410. The summed E-state index contributed by atoms with van der Waals surface area (Å²) in [7, 11) is -4.44. The van der Waals surface area contributed by atoms with Crippen molar-refractivity contribution >= 4 is 7.82 Å². The Morgan fingerprint density at radius 3 is 2.05 bits per heavy atom. The van der Waals surface area contributed by atoms with Gasteiger partial charge in [-0.15, -0.1) is 0 Å². The molecule has 1 aromatic carbocycles. The van der Waals surface area contributed by atoms with E-state index in [1.807, 2.05) is 12.1 Å². The van der Waals surface area contributed by atoms with Gasteiger partial charge in [0.1, 0.15) is 5.75 Å². The number of hydrogen-bond acceptors (Lipinski definition) is 2. The number of phosphoric ester groups is 1. The van der Waals surface area contributed by atoms with Gasteiger partial charge in [-0.3, -0.25) is 9.79 Å². The van der Waals surface area contributed by atoms with Crippen molar-refractivity contribution < 1.29 is 18.9 Å². The van der Waals surface area contributed by atoms with Crippen LogP contribution >= 0.6 is 7.82 Å². The van der Waals surface area contributed by atoms with Gasteiger partial charge in [-0.2, -0.15) is 0 Å². The van der Waals surface area contributed by atoms with Crippen LogP contribution in [0.2, 0.25) is 0 Å². The number of phosphoric acid groups is 1. The third-order valence-electron chi connectivity index (χ3n) is 3.22. The predicted molar refractivity (Wildman–Crippen MR) is 80.8 cm³/mol. The third kappa shape index (κ3) is 8.36. The summed E-state index contributed by atoms with van der Waals surface area (Å²) < 4.78 is 15.2. The van der Waals surface area contributed by atoms with Crippen molar-refractivity contribution in [3.8, 4) is 5.75 Å². The van der Waals surface area contributed by atoms with E-state index in [9.17, 15) is 4.57 Å². The van der Waals surface area contributed by atoms with Gasteiger partial charge in [0.25, 0.3) is 0 Å². The number of hydrogen-bond donors (Lipinski definition) is 2.